The first kappa shape index (κ1) is 10.2. The van der Waals surface area contributed by atoms with Crippen LogP contribution in [0.15, 0.2) is 24.5 Å². The highest BCUT2D eigenvalue weighted by molar-refractivity contribution is 9.09. The second-order valence-electron chi connectivity index (χ2n) is 2.70. The number of amides is 1. The Bertz CT molecular complexity index is 276. The van der Waals surface area contributed by atoms with Gasteiger partial charge in [-0.3, -0.25) is 9.78 Å². The van der Waals surface area contributed by atoms with E-state index in [2.05, 4.69) is 26.2 Å². The lowest BCUT2D eigenvalue weighted by atomic mass is 10.1. The summed E-state index contributed by atoms with van der Waals surface area (Å²) in [7, 11) is 0. The van der Waals surface area contributed by atoms with Gasteiger partial charge in [0.1, 0.15) is 0 Å². The van der Waals surface area contributed by atoms with E-state index in [-0.39, 0.29) is 11.9 Å². The van der Waals surface area contributed by atoms with Crippen molar-refractivity contribution < 1.29 is 4.79 Å². The third kappa shape index (κ3) is 3.14. The number of hydrogen-bond acceptors (Lipinski definition) is 2. The van der Waals surface area contributed by atoms with Gasteiger partial charge in [0.05, 0.1) is 11.4 Å². The smallest absolute Gasteiger partial charge is 0.231 e. The van der Waals surface area contributed by atoms with Gasteiger partial charge in [-0.25, -0.2) is 0 Å². The van der Waals surface area contributed by atoms with E-state index in [9.17, 15) is 4.79 Å². The van der Waals surface area contributed by atoms with Gasteiger partial charge in [-0.2, -0.15) is 0 Å². The van der Waals surface area contributed by atoms with Gasteiger partial charge in [0.25, 0.3) is 0 Å². The number of carbonyl (C=O) groups excluding carboxylic acids is 1. The summed E-state index contributed by atoms with van der Waals surface area (Å²) in [6.07, 6.45) is 3.43. The number of rotatable bonds is 3. The number of pyridine rings is 1. The molecule has 0 fully saturated rings. The van der Waals surface area contributed by atoms with Crippen LogP contribution in [0.1, 0.15) is 18.5 Å². The van der Waals surface area contributed by atoms with Crippen molar-refractivity contribution in [2.24, 2.45) is 0 Å². The molecule has 1 N–H and O–H groups in total. The number of halogens is 1. The molecule has 3 nitrogen and oxygen atoms in total. The van der Waals surface area contributed by atoms with Crippen molar-refractivity contribution in [2.75, 3.05) is 5.33 Å². The first-order valence-corrected chi connectivity index (χ1v) is 5.11. The van der Waals surface area contributed by atoms with Crippen LogP contribution in [-0.4, -0.2) is 16.2 Å². The number of nitrogens with one attached hydrogen (secondary N) is 1. The average Bonchev–Trinajstić information content (AvgIpc) is 2.19. The third-order valence-electron chi connectivity index (χ3n) is 1.70. The second-order valence-corrected chi connectivity index (χ2v) is 3.26. The van der Waals surface area contributed by atoms with Crippen molar-refractivity contribution in [3.8, 4) is 0 Å². The molecule has 0 saturated heterocycles. The normalized spacial score (nSPS) is 12.2. The van der Waals surface area contributed by atoms with Gasteiger partial charge < -0.3 is 5.32 Å². The zero-order valence-corrected chi connectivity index (χ0v) is 8.91. The summed E-state index contributed by atoms with van der Waals surface area (Å²) in [5.74, 6) is -0.00990. The van der Waals surface area contributed by atoms with Gasteiger partial charge >= 0.3 is 0 Å². The van der Waals surface area contributed by atoms with E-state index in [1.807, 2.05) is 19.1 Å². The van der Waals surface area contributed by atoms with Crippen LogP contribution in [0.25, 0.3) is 0 Å². The summed E-state index contributed by atoms with van der Waals surface area (Å²) in [5.41, 5.74) is 1.06. The topological polar surface area (TPSA) is 42.0 Å². The molecule has 0 aliphatic rings. The van der Waals surface area contributed by atoms with Gasteiger partial charge in [0, 0.05) is 12.4 Å². The van der Waals surface area contributed by atoms with Crippen LogP contribution in [0.2, 0.25) is 0 Å². The maximum absolute atomic E-state index is 11.0. The molecule has 70 valence electrons. The fraction of sp³-hybridized carbons (Fsp3) is 0.333. The quantitative estimate of drug-likeness (QED) is 0.820. The SMILES string of the molecule is CC(NC(=O)CBr)c1ccncc1. The third-order valence-corrected chi connectivity index (χ3v) is 2.21. The summed E-state index contributed by atoms with van der Waals surface area (Å²) in [6.45, 7) is 1.94. The summed E-state index contributed by atoms with van der Waals surface area (Å²) < 4.78 is 0. The van der Waals surface area contributed by atoms with Crippen molar-refractivity contribution >= 4 is 21.8 Å². The fourth-order valence-electron chi connectivity index (χ4n) is 1.02. The minimum atomic E-state index is -0.00990. The van der Waals surface area contributed by atoms with Crippen LogP contribution in [0.4, 0.5) is 0 Å². The molecule has 1 heterocycles. The molecule has 0 saturated carbocycles. The lowest BCUT2D eigenvalue weighted by Gasteiger charge is -2.12. The Morgan fingerprint density at radius 3 is 2.77 bits per heavy atom. The van der Waals surface area contributed by atoms with Crippen LogP contribution >= 0.6 is 15.9 Å². The van der Waals surface area contributed by atoms with Crippen molar-refractivity contribution in [1.29, 1.82) is 0 Å². The Morgan fingerprint density at radius 2 is 2.23 bits per heavy atom. The van der Waals surface area contributed by atoms with Crippen molar-refractivity contribution in [2.45, 2.75) is 13.0 Å². The van der Waals surface area contributed by atoms with E-state index in [4.69, 9.17) is 0 Å². The van der Waals surface area contributed by atoms with E-state index in [1.54, 1.807) is 12.4 Å². The summed E-state index contributed by atoms with van der Waals surface area (Å²) in [6, 6.07) is 3.81. The minimum Gasteiger partial charge on any atom is -0.349 e. The predicted molar refractivity (Wildman–Crippen MR) is 54.6 cm³/mol. The van der Waals surface area contributed by atoms with E-state index in [0.29, 0.717) is 5.33 Å². The molecule has 0 aliphatic heterocycles. The van der Waals surface area contributed by atoms with Gasteiger partial charge in [-0.15, -0.1) is 0 Å². The Hall–Kier alpha value is -0.900. The number of hydrogen-bond donors (Lipinski definition) is 1. The second kappa shape index (κ2) is 4.97. The maximum Gasteiger partial charge on any atom is 0.231 e. The number of aromatic nitrogens is 1. The van der Waals surface area contributed by atoms with Crippen LogP contribution in [0, 0.1) is 0 Å². The van der Waals surface area contributed by atoms with Crippen LogP contribution in [-0.2, 0) is 4.79 Å². The van der Waals surface area contributed by atoms with E-state index in [0.717, 1.165) is 5.56 Å². The predicted octanol–water partition coefficient (Wildman–Crippen LogP) is 1.65. The summed E-state index contributed by atoms with van der Waals surface area (Å²) in [5, 5.41) is 3.17. The molecule has 13 heavy (non-hydrogen) atoms. The fourth-order valence-corrected chi connectivity index (χ4v) is 1.18. The number of alkyl halides is 1. The largest absolute Gasteiger partial charge is 0.349 e. The summed E-state index contributed by atoms with van der Waals surface area (Å²) >= 11 is 3.09. The molecule has 0 bridgehead atoms. The molecular formula is C9H11BrN2O. The first-order chi connectivity index (χ1) is 6.24. The van der Waals surface area contributed by atoms with E-state index >= 15 is 0 Å². The summed E-state index contributed by atoms with van der Waals surface area (Å²) in [4.78, 5) is 14.9. The Balaban J connectivity index is 2.59. The lowest BCUT2D eigenvalue weighted by molar-refractivity contribution is -0.119. The zero-order valence-electron chi connectivity index (χ0n) is 7.33. The van der Waals surface area contributed by atoms with Gasteiger partial charge in [0.15, 0.2) is 0 Å². The Kier molecular flexibility index (Phi) is 3.89. The molecule has 1 unspecified atom stereocenters. The van der Waals surface area contributed by atoms with Crippen LogP contribution in [0.5, 0.6) is 0 Å². The lowest BCUT2D eigenvalue weighted by Crippen LogP contribution is -2.27. The monoisotopic (exact) mass is 242 g/mol. The Labute approximate surface area is 85.7 Å². The van der Waals surface area contributed by atoms with Crippen molar-refractivity contribution in [1.82, 2.24) is 10.3 Å². The van der Waals surface area contributed by atoms with Crippen LogP contribution < -0.4 is 5.32 Å². The molecule has 4 heteroatoms. The Morgan fingerprint density at radius 1 is 1.62 bits per heavy atom. The van der Waals surface area contributed by atoms with E-state index < -0.39 is 0 Å². The standard InChI is InChI=1S/C9H11BrN2O/c1-7(12-9(13)6-10)8-2-4-11-5-3-8/h2-5,7H,6H2,1H3,(H,12,13). The highest BCUT2D eigenvalue weighted by atomic mass is 79.9. The molecule has 0 radical (unpaired) electrons. The maximum atomic E-state index is 11.0. The average molecular weight is 243 g/mol. The molecule has 1 aromatic heterocycles. The minimum absolute atomic E-state index is 0.00990. The molecule has 1 amide bonds. The molecule has 0 aliphatic carbocycles. The molecule has 1 aromatic rings. The molecule has 0 aromatic carbocycles. The van der Waals surface area contributed by atoms with Crippen molar-refractivity contribution in [3.63, 3.8) is 0 Å². The number of carbonyl (C=O) groups is 1. The highest BCUT2D eigenvalue weighted by Gasteiger charge is 2.06. The molecule has 1 atom stereocenters. The van der Waals surface area contributed by atoms with E-state index in [1.165, 1.54) is 0 Å². The van der Waals surface area contributed by atoms with Crippen molar-refractivity contribution in [3.05, 3.63) is 30.1 Å². The highest BCUT2D eigenvalue weighted by Crippen LogP contribution is 2.09. The number of nitrogens with zero attached hydrogens (tertiary/aromatic N) is 1. The van der Waals surface area contributed by atoms with Crippen LogP contribution in [0.3, 0.4) is 0 Å². The zero-order chi connectivity index (χ0) is 9.68. The first-order valence-electron chi connectivity index (χ1n) is 3.99. The van der Waals surface area contributed by atoms with Gasteiger partial charge in [-0.05, 0) is 24.6 Å². The molecule has 0 spiro atoms. The molecular weight excluding hydrogens is 232 g/mol. The molecule has 1 rings (SSSR count). The van der Waals surface area contributed by atoms with Gasteiger partial charge in [0.2, 0.25) is 5.91 Å². The van der Waals surface area contributed by atoms with Gasteiger partial charge in [-0.1, -0.05) is 15.9 Å².